The second-order valence-corrected chi connectivity index (χ2v) is 5.95. The third-order valence-corrected chi connectivity index (χ3v) is 4.06. The predicted molar refractivity (Wildman–Crippen MR) is 85.3 cm³/mol. The summed E-state index contributed by atoms with van der Waals surface area (Å²) in [6, 6.07) is 0. The Kier molecular flexibility index (Phi) is 10.7. The molecule has 0 saturated carbocycles. The monoisotopic (exact) mass is 348 g/mol. The highest BCUT2D eigenvalue weighted by molar-refractivity contribution is 5.82. The molecule has 0 spiro atoms. The number of methoxy groups -OCH3 is 2. The quantitative estimate of drug-likeness (QED) is 0.638. The zero-order valence-corrected chi connectivity index (χ0v) is 15.2. The average molecular weight is 348 g/mol. The van der Waals surface area contributed by atoms with Crippen LogP contribution in [0.3, 0.4) is 0 Å². The standard InChI is InChI=1S/2C8H14O4/c1-4-8(2,7(10)11)5-6(9)12-3;1-4-8(2,5-6(9)10)7(11)12-3/h4-5H2,1-3H3,(H,10,11);4-5H2,1-3H3,(H,9,10). The number of carbonyl (C=O) groups excluding carboxylic acids is 2. The summed E-state index contributed by atoms with van der Waals surface area (Å²) in [4.78, 5) is 43.0. The van der Waals surface area contributed by atoms with Crippen molar-refractivity contribution in [1.29, 1.82) is 0 Å². The summed E-state index contributed by atoms with van der Waals surface area (Å²) in [5.74, 6) is -2.89. The normalized spacial score (nSPS) is 14.9. The van der Waals surface area contributed by atoms with Crippen molar-refractivity contribution in [1.82, 2.24) is 0 Å². The minimum Gasteiger partial charge on any atom is -0.481 e. The average Bonchev–Trinajstić information content (AvgIpc) is 2.53. The lowest BCUT2D eigenvalue weighted by Crippen LogP contribution is -2.31. The Bertz CT molecular complexity index is 459. The molecule has 0 aliphatic rings. The molecule has 0 aromatic carbocycles. The summed E-state index contributed by atoms with van der Waals surface area (Å²) in [6.07, 6.45) is 0.620. The molecule has 0 fully saturated rings. The number of esters is 2. The molecule has 8 nitrogen and oxygen atoms in total. The molecule has 0 bridgehead atoms. The Hall–Kier alpha value is -2.12. The van der Waals surface area contributed by atoms with Crippen molar-refractivity contribution >= 4 is 23.9 Å². The largest absolute Gasteiger partial charge is 0.481 e. The van der Waals surface area contributed by atoms with Gasteiger partial charge in [0.25, 0.3) is 0 Å². The predicted octanol–water partition coefficient (Wildman–Crippen LogP) is 2.10. The van der Waals surface area contributed by atoms with Gasteiger partial charge in [-0.1, -0.05) is 13.8 Å². The van der Waals surface area contributed by atoms with E-state index in [4.69, 9.17) is 10.2 Å². The summed E-state index contributed by atoms with van der Waals surface area (Å²) in [5.41, 5.74) is -1.88. The van der Waals surface area contributed by atoms with Crippen molar-refractivity contribution in [2.75, 3.05) is 14.2 Å². The van der Waals surface area contributed by atoms with E-state index in [-0.39, 0.29) is 12.8 Å². The smallest absolute Gasteiger partial charge is 0.312 e. The highest BCUT2D eigenvalue weighted by Gasteiger charge is 2.35. The van der Waals surface area contributed by atoms with E-state index in [0.29, 0.717) is 12.8 Å². The van der Waals surface area contributed by atoms with Crippen molar-refractivity contribution in [3.8, 4) is 0 Å². The molecule has 8 heteroatoms. The van der Waals surface area contributed by atoms with Gasteiger partial charge in [-0.05, 0) is 26.7 Å². The van der Waals surface area contributed by atoms with Gasteiger partial charge in [-0.25, -0.2) is 0 Å². The van der Waals surface area contributed by atoms with Crippen LogP contribution in [-0.2, 0) is 28.7 Å². The Morgan fingerprint density at radius 3 is 1.54 bits per heavy atom. The molecule has 0 radical (unpaired) electrons. The topological polar surface area (TPSA) is 127 Å². The molecule has 0 amide bonds. The zero-order valence-electron chi connectivity index (χ0n) is 15.2. The fourth-order valence-electron chi connectivity index (χ4n) is 1.66. The van der Waals surface area contributed by atoms with Crippen molar-refractivity contribution < 1.29 is 38.9 Å². The van der Waals surface area contributed by atoms with E-state index in [1.165, 1.54) is 21.1 Å². The van der Waals surface area contributed by atoms with Crippen molar-refractivity contribution in [2.24, 2.45) is 10.8 Å². The van der Waals surface area contributed by atoms with Crippen LogP contribution in [-0.4, -0.2) is 48.3 Å². The third-order valence-electron chi connectivity index (χ3n) is 4.06. The molecule has 2 atom stereocenters. The second-order valence-electron chi connectivity index (χ2n) is 5.95. The van der Waals surface area contributed by atoms with E-state index in [1.54, 1.807) is 20.8 Å². The van der Waals surface area contributed by atoms with Crippen molar-refractivity contribution in [3.05, 3.63) is 0 Å². The van der Waals surface area contributed by atoms with E-state index in [2.05, 4.69) is 9.47 Å². The minimum absolute atomic E-state index is 0.0741. The number of aliphatic carboxylic acids is 2. The SMILES string of the molecule is CCC(C)(CC(=O)O)C(=O)OC.CCC(C)(CC(=O)OC)C(=O)O. The van der Waals surface area contributed by atoms with Crippen LogP contribution >= 0.6 is 0 Å². The summed E-state index contributed by atoms with van der Waals surface area (Å²) in [6.45, 7) is 6.62. The number of ether oxygens (including phenoxy) is 2. The van der Waals surface area contributed by atoms with Crippen LogP contribution in [0.15, 0.2) is 0 Å². The Morgan fingerprint density at radius 1 is 0.833 bits per heavy atom. The van der Waals surface area contributed by atoms with Crippen LogP contribution in [0.4, 0.5) is 0 Å². The van der Waals surface area contributed by atoms with Gasteiger partial charge in [0.15, 0.2) is 0 Å². The van der Waals surface area contributed by atoms with E-state index < -0.39 is 34.7 Å². The maximum Gasteiger partial charge on any atom is 0.312 e. The number of carboxylic acid groups (broad SMARTS) is 2. The molecule has 0 heterocycles. The Morgan fingerprint density at radius 2 is 1.29 bits per heavy atom. The fourth-order valence-corrected chi connectivity index (χ4v) is 1.66. The Labute approximate surface area is 142 Å². The molecule has 2 N–H and O–H groups in total. The Balaban J connectivity index is 0. The molecule has 24 heavy (non-hydrogen) atoms. The molecular formula is C16H28O8. The first-order valence-electron chi connectivity index (χ1n) is 7.52. The van der Waals surface area contributed by atoms with Crippen LogP contribution < -0.4 is 0 Å². The summed E-state index contributed by atoms with van der Waals surface area (Å²) in [5, 5.41) is 17.3. The van der Waals surface area contributed by atoms with Gasteiger partial charge in [0.2, 0.25) is 0 Å². The first-order valence-corrected chi connectivity index (χ1v) is 7.52. The maximum atomic E-state index is 11.1. The van der Waals surface area contributed by atoms with Gasteiger partial charge >= 0.3 is 23.9 Å². The van der Waals surface area contributed by atoms with E-state index in [1.807, 2.05) is 0 Å². The highest BCUT2D eigenvalue weighted by Crippen LogP contribution is 2.27. The van der Waals surface area contributed by atoms with Crippen molar-refractivity contribution in [2.45, 2.75) is 53.4 Å². The summed E-state index contributed by atoms with van der Waals surface area (Å²) < 4.78 is 8.90. The van der Waals surface area contributed by atoms with Crippen LogP contribution in [0, 0.1) is 10.8 Å². The van der Waals surface area contributed by atoms with Gasteiger partial charge in [0.1, 0.15) is 0 Å². The lowest BCUT2D eigenvalue weighted by molar-refractivity contribution is -0.157. The van der Waals surface area contributed by atoms with Crippen LogP contribution in [0.5, 0.6) is 0 Å². The third kappa shape index (κ3) is 7.94. The molecule has 0 saturated heterocycles. The van der Waals surface area contributed by atoms with Gasteiger partial charge in [0, 0.05) is 0 Å². The van der Waals surface area contributed by atoms with Gasteiger partial charge in [-0.3, -0.25) is 19.2 Å². The lowest BCUT2D eigenvalue weighted by atomic mass is 9.84. The number of hydrogen-bond acceptors (Lipinski definition) is 6. The first-order chi connectivity index (χ1) is 10.9. The molecule has 0 aliphatic carbocycles. The van der Waals surface area contributed by atoms with Crippen LogP contribution in [0.1, 0.15) is 53.4 Å². The second kappa shape index (κ2) is 10.6. The number of carboxylic acids is 2. The molecular weight excluding hydrogens is 320 g/mol. The fraction of sp³-hybridized carbons (Fsp3) is 0.750. The molecule has 0 aromatic rings. The van der Waals surface area contributed by atoms with Crippen LogP contribution in [0.25, 0.3) is 0 Å². The summed E-state index contributed by atoms with van der Waals surface area (Å²) in [7, 11) is 2.51. The van der Waals surface area contributed by atoms with E-state index >= 15 is 0 Å². The molecule has 0 aromatic heterocycles. The van der Waals surface area contributed by atoms with Crippen LogP contribution in [0.2, 0.25) is 0 Å². The minimum atomic E-state index is -0.993. The first kappa shape index (κ1) is 24.1. The molecule has 140 valence electrons. The van der Waals surface area contributed by atoms with E-state index in [9.17, 15) is 19.2 Å². The highest BCUT2D eigenvalue weighted by atomic mass is 16.5. The van der Waals surface area contributed by atoms with Gasteiger partial charge < -0.3 is 19.7 Å². The van der Waals surface area contributed by atoms with Gasteiger partial charge in [-0.15, -0.1) is 0 Å². The number of carbonyl (C=O) groups is 4. The van der Waals surface area contributed by atoms with Gasteiger partial charge in [0.05, 0.1) is 37.9 Å². The summed E-state index contributed by atoms with van der Waals surface area (Å²) >= 11 is 0. The zero-order chi connectivity index (χ0) is 19.6. The number of hydrogen-bond donors (Lipinski definition) is 2. The lowest BCUT2D eigenvalue weighted by Gasteiger charge is -2.22. The molecule has 0 rings (SSSR count). The molecule has 2 unspecified atom stereocenters. The molecule has 0 aliphatic heterocycles. The maximum absolute atomic E-state index is 11.1. The van der Waals surface area contributed by atoms with Crippen molar-refractivity contribution in [3.63, 3.8) is 0 Å². The van der Waals surface area contributed by atoms with E-state index in [0.717, 1.165) is 0 Å². The van der Waals surface area contributed by atoms with Gasteiger partial charge in [-0.2, -0.15) is 0 Å². The number of rotatable bonds is 8.